The summed E-state index contributed by atoms with van der Waals surface area (Å²) < 4.78 is 5.30. The van der Waals surface area contributed by atoms with E-state index in [1.54, 1.807) is 0 Å². The lowest BCUT2D eigenvalue weighted by Gasteiger charge is -2.19. The summed E-state index contributed by atoms with van der Waals surface area (Å²) in [5.41, 5.74) is 1.39. The number of quaternary nitrogens is 1. The monoisotopic (exact) mass is 236 g/mol. The maximum atomic E-state index is 11.8. The molecule has 0 saturated carbocycles. The second kappa shape index (κ2) is 5.32. The SMILES string of the molecule is C[NH+](C)Cc1ccc(C(=O)OC(C)(C)C)cc1. The van der Waals surface area contributed by atoms with Crippen molar-refractivity contribution in [1.82, 2.24) is 0 Å². The Hall–Kier alpha value is -1.35. The fourth-order valence-electron chi connectivity index (χ4n) is 1.50. The van der Waals surface area contributed by atoms with Crippen LogP contribution in [-0.4, -0.2) is 25.7 Å². The van der Waals surface area contributed by atoms with Crippen LogP contribution in [0.1, 0.15) is 36.7 Å². The molecule has 94 valence electrons. The first-order valence-corrected chi connectivity index (χ1v) is 5.89. The van der Waals surface area contributed by atoms with Crippen LogP contribution in [0.3, 0.4) is 0 Å². The zero-order valence-corrected chi connectivity index (χ0v) is 11.3. The van der Waals surface area contributed by atoms with E-state index >= 15 is 0 Å². The van der Waals surface area contributed by atoms with Gasteiger partial charge in [-0.2, -0.15) is 0 Å². The Morgan fingerprint density at radius 3 is 2.12 bits per heavy atom. The van der Waals surface area contributed by atoms with Crippen LogP contribution in [0.2, 0.25) is 0 Å². The second-order valence-electron chi connectivity index (χ2n) is 5.58. The first-order valence-electron chi connectivity index (χ1n) is 5.89. The Balaban J connectivity index is 2.71. The van der Waals surface area contributed by atoms with Gasteiger partial charge < -0.3 is 9.64 Å². The van der Waals surface area contributed by atoms with Crippen molar-refractivity contribution in [3.8, 4) is 0 Å². The number of ether oxygens (including phenoxy) is 1. The summed E-state index contributed by atoms with van der Waals surface area (Å²) in [6, 6.07) is 7.61. The van der Waals surface area contributed by atoms with Gasteiger partial charge in [-0.05, 0) is 32.9 Å². The predicted molar refractivity (Wildman–Crippen MR) is 68.1 cm³/mol. The van der Waals surface area contributed by atoms with Gasteiger partial charge in [-0.15, -0.1) is 0 Å². The Kier molecular flexibility index (Phi) is 4.29. The first-order chi connectivity index (χ1) is 7.78. The summed E-state index contributed by atoms with van der Waals surface area (Å²) in [4.78, 5) is 13.1. The molecule has 0 heterocycles. The fourth-order valence-corrected chi connectivity index (χ4v) is 1.50. The highest BCUT2D eigenvalue weighted by atomic mass is 16.6. The van der Waals surface area contributed by atoms with Crippen molar-refractivity contribution in [2.45, 2.75) is 32.9 Å². The molecule has 0 spiro atoms. The van der Waals surface area contributed by atoms with E-state index in [-0.39, 0.29) is 5.97 Å². The highest BCUT2D eigenvalue weighted by molar-refractivity contribution is 5.89. The van der Waals surface area contributed by atoms with Gasteiger partial charge in [-0.3, -0.25) is 0 Å². The van der Waals surface area contributed by atoms with E-state index in [0.29, 0.717) is 5.56 Å². The first kappa shape index (κ1) is 13.7. The van der Waals surface area contributed by atoms with Crippen LogP contribution in [0.25, 0.3) is 0 Å². The molecule has 0 aliphatic heterocycles. The quantitative estimate of drug-likeness (QED) is 0.802. The van der Waals surface area contributed by atoms with Crippen LogP contribution < -0.4 is 4.90 Å². The topological polar surface area (TPSA) is 30.7 Å². The molecule has 0 bridgehead atoms. The summed E-state index contributed by atoms with van der Waals surface area (Å²) in [5.74, 6) is -0.263. The Morgan fingerprint density at radius 2 is 1.71 bits per heavy atom. The van der Waals surface area contributed by atoms with Crippen molar-refractivity contribution in [1.29, 1.82) is 0 Å². The van der Waals surface area contributed by atoms with Crippen LogP contribution in [0.4, 0.5) is 0 Å². The number of hydrogen-bond donors (Lipinski definition) is 1. The molecule has 0 amide bonds. The molecule has 0 aliphatic carbocycles. The number of carbonyl (C=O) groups excluding carboxylic acids is 1. The van der Waals surface area contributed by atoms with E-state index in [4.69, 9.17) is 4.74 Å². The minimum atomic E-state index is -0.441. The minimum absolute atomic E-state index is 0.263. The molecule has 17 heavy (non-hydrogen) atoms. The van der Waals surface area contributed by atoms with Gasteiger partial charge in [-0.1, -0.05) is 12.1 Å². The maximum absolute atomic E-state index is 11.8. The second-order valence-corrected chi connectivity index (χ2v) is 5.58. The van der Waals surface area contributed by atoms with Crippen LogP contribution >= 0.6 is 0 Å². The van der Waals surface area contributed by atoms with Gasteiger partial charge in [0.05, 0.1) is 19.7 Å². The predicted octanol–water partition coefficient (Wildman–Crippen LogP) is 1.29. The van der Waals surface area contributed by atoms with E-state index < -0.39 is 5.60 Å². The molecular weight excluding hydrogens is 214 g/mol. The maximum Gasteiger partial charge on any atom is 0.338 e. The molecule has 3 heteroatoms. The van der Waals surface area contributed by atoms with Gasteiger partial charge in [-0.25, -0.2) is 4.79 Å². The highest BCUT2D eigenvalue weighted by Gasteiger charge is 2.17. The van der Waals surface area contributed by atoms with Crippen LogP contribution in [-0.2, 0) is 11.3 Å². The summed E-state index contributed by atoms with van der Waals surface area (Å²) in [6.07, 6.45) is 0. The molecule has 0 fully saturated rings. The largest absolute Gasteiger partial charge is 0.456 e. The van der Waals surface area contributed by atoms with Crippen molar-refractivity contribution >= 4 is 5.97 Å². The average Bonchev–Trinajstić information content (AvgIpc) is 2.15. The van der Waals surface area contributed by atoms with E-state index in [1.165, 1.54) is 10.5 Å². The van der Waals surface area contributed by atoms with Gasteiger partial charge in [0.2, 0.25) is 0 Å². The fraction of sp³-hybridized carbons (Fsp3) is 0.500. The van der Waals surface area contributed by atoms with Gasteiger partial charge in [0.15, 0.2) is 0 Å². The van der Waals surface area contributed by atoms with E-state index in [1.807, 2.05) is 45.0 Å². The van der Waals surface area contributed by atoms with Crippen LogP contribution in [0, 0.1) is 0 Å². The number of hydrogen-bond acceptors (Lipinski definition) is 2. The molecule has 0 atom stereocenters. The Morgan fingerprint density at radius 1 is 1.18 bits per heavy atom. The Labute approximate surface area is 103 Å². The highest BCUT2D eigenvalue weighted by Crippen LogP contribution is 2.12. The molecule has 0 radical (unpaired) electrons. The van der Waals surface area contributed by atoms with Gasteiger partial charge in [0.25, 0.3) is 0 Å². The van der Waals surface area contributed by atoms with Crippen molar-refractivity contribution in [3.05, 3.63) is 35.4 Å². The van der Waals surface area contributed by atoms with Crippen LogP contribution in [0.5, 0.6) is 0 Å². The lowest BCUT2D eigenvalue weighted by molar-refractivity contribution is -0.872. The molecule has 3 nitrogen and oxygen atoms in total. The zero-order chi connectivity index (χ0) is 13.1. The summed E-state index contributed by atoms with van der Waals surface area (Å²) >= 11 is 0. The third-order valence-corrected chi connectivity index (χ3v) is 2.15. The van der Waals surface area contributed by atoms with Crippen molar-refractivity contribution in [2.75, 3.05) is 14.1 Å². The van der Waals surface area contributed by atoms with Crippen molar-refractivity contribution < 1.29 is 14.4 Å². The standard InChI is InChI=1S/C14H21NO2/c1-14(2,3)17-13(16)12-8-6-11(7-9-12)10-15(4)5/h6-9H,10H2,1-5H3/p+1. The van der Waals surface area contributed by atoms with Gasteiger partial charge >= 0.3 is 5.97 Å². The molecule has 0 aliphatic rings. The van der Waals surface area contributed by atoms with E-state index in [0.717, 1.165) is 6.54 Å². The summed E-state index contributed by atoms with van der Waals surface area (Å²) in [7, 11) is 4.20. The summed E-state index contributed by atoms with van der Waals surface area (Å²) in [5, 5.41) is 0. The lowest BCUT2D eigenvalue weighted by Crippen LogP contribution is -3.04. The third kappa shape index (κ3) is 5.00. The third-order valence-electron chi connectivity index (χ3n) is 2.15. The molecule has 1 aromatic rings. The molecule has 1 rings (SSSR count). The van der Waals surface area contributed by atoms with Gasteiger partial charge in [0.1, 0.15) is 12.1 Å². The molecule has 1 N–H and O–H groups in total. The van der Waals surface area contributed by atoms with E-state index in [9.17, 15) is 4.79 Å². The van der Waals surface area contributed by atoms with Crippen molar-refractivity contribution in [3.63, 3.8) is 0 Å². The normalized spacial score (nSPS) is 11.6. The molecule has 1 aromatic carbocycles. The average molecular weight is 236 g/mol. The number of esters is 1. The summed E-state index contributed by atoms with van der Waals surface area (Å²) in [6.45, 7) is 6.56. The lowest BCUT2D eigenvalue weighted by atomic mass is 10.1. The number of benzene rings is 1. The van der Waals surface area contributed by atoms with Gasteiger partial charge in [0, 0.05) is 5.56 Å². The smallest absolute Gasteiger partial charge is 0.338 e. The van der Waals surface area contributed by atoms with Crippen LogP contribution in [0.15, 0.2) is 24.3 Å². The zero-order valence-electron chi connectivity index (χ0n) is 11.3. The number of carbonyl (C=O) groups is 1. The minimum Gasteiger partial charge on any atom is -0.456 e. The Bertz CT molecular complexity index is 374. The molecule has 0 aromatic heterocycles. The number of nitrogens with one attached hydrogen (secondary N) is 1. The molecular formula is C14H22NO2+. The molecule has 0 saturated heterocycles. The van der Waals surface area contributed by atoms with Crippen molar-refractivity contribution in [2.24, 2.45) is 0 Å². The van der Waals surface area contributed by atoms with E-state index in [2.05, 4.69) is 14.1 Å². The number of rotatable bonds is 3. The molecule has 0 unspecified atom stereocenters.